The number of benzene rings is 1. The smallest absolute Gasteiger partial charge is 0.325 e. The number of nitrogens with zero attached hydrogens (tertiary/aromatic N) is 4. The van der Waals surface area contributed by atoms with E-state index in [2.05, 4.69) is 10.3 Å². The molecule has 1 aliphatic rings. The number of carbonyl (C=O) groups excluding carboxylic acids is 2. The molecule has 0 bridgehead atoms. The van der Waals surface area contributed by atoms with E-state index in [1.165, 1.54) is 40.1 Å². The first kappa shape index (κ1) is 20.2. The van der Waals surface area contributed by atoms with Gasteiger partial charge in [-0.05, 0) is 42.5 Å². The normalized spacial score (nSPS) is 13.5. The van der Waals surface area contributed by atoms with Crippen molar-refractivity contribution in [2.75, 3.05) is 16.8 Å². The zero-order chi connectivity index (χ0) is 22.2. The zero-order valence-corrected chi connectivity index (χ0v) is 15.8. The van der Waals surface area contributed by atoms with Crippen LogP contribution in [0.3, 0.4) is 0 Å². The largest absolute Gasteiger partial charge is 0.416 e. The molecule has 0 aliphatic carbocycles. The van der Waals surface area contributed by atoms with Gasteiger partial charge in [0.25, 0.3) is 11.8 Å². The number of rotatable bonds is 3. The minimum absolute atomic E-state index is 0.0833. The molecule has 156 valence electrons. The van der Waals surface area contributed by atoms with E-state index >= 15 is 0 Å². The number of amides is 2. The second-order valence-corrected chi connectivity index (χ2v) is 6.75. The van der Waals surface area contributed by atoms with E-state index in [9.17, 15) is 28.0 Å². The molecule has 0 atom stereocenters. The summed E-state index contributed by atoms with van der Waals surface area (Å²) in [6.07, 6.45) is -1.61. The monoisotopic (exact) mass is 425 g/mol. The molecule has 1 aromatic carbocycles. The second-order valence-electron chi connectivity index (χ2n) is 6.75. The van der Waals surface area contributed by atoms with E-state index in [1.54, 1.807) is 12.1 Å². The lowest BCUT2D eigenvalue weighted by molar-refractivity contribution is -0.137. The molecule has 1 aliphatic heterocycles. The molecule has 0 saturated carbocycles. The summed E-state index contributed by atoms with van der Waals surface area (Å²) in [5.41, 5.74) is 0.154. The van der Waals surface area contributed by atoms with Gasteiger partial charge in [-0.15, -0.1) is 0 Å². The number of anilines is 2. The maximum Gasteiger partial charge on any atom is 0.416 e. The molecule has 3 aromatic rings. The lowest BCUT2D eigenvalue weighted by Gasteiger charge is -2.29. The number of halogens is 3. The molecule has 31 heavy (non-hydrogen) atoms. The zero-order valence-electron chi connectivity index (χ0n) is 15.8. The van der Waals surface area contributed by atoms with Gasteiger partial charge in [0.1, 0.15) is 17.5 Å². The van der Waals surface area contributed by atoms with Crippen LogP contribution in [0.5, 0.6) is 0 Å². The standard InChI is InChI=1S/C21H14F3N5O2/c22-21(23,24)14-3-5-15(6-4-14)29-9-8-28-16(11-25)10-17(18(28)20(29)31)27-19(30)13-2-1-7-26-12-13/h1-7,10,12H,8-9H2,(H,27,30). The number of hydrogen-bond donors (Lipinski definition) is 1. The van der Waals surface area contributed by atoms with Crippen molar-refractivity contribution in [3.8, 4) is 6.07 Å². The number of carbonyl (C=O) groups is 2. The lowest BCUT2D eigenvalue weighted by Crippen LogP contribution is -2.41. The third kappa shape index (κ3) is 3.73. The number of fused-ring (bicyclic) bond motifs is 1. The molecular formula is C21H14F3N5O2. The van der Waals surface area contributed by atoms with E-state index in [0.29, 0.717) is 0 Å². The molecule has 0 saturated heterocycles. The molecule has 0 spiro atoms. The maximum atomic E-state index is 13.2. The second kappa shape index (κ2) is 7.60. The van der Waals surface area contributed by atoms with Crippen molar-refractivity contribution >= 4 is 23.2 Å². The van der Waals surface area contributed by atoms with E-state index < -0.39 is 23.6 Å². The third-order valence-corrected chi connectivity index (χ3v) is 4.88. The predicted molar refractivity (Wildman–Crippen MR) is 104 cm³/mol. The van der Waals surface area contributed by atoms with Crippen LogP contribution >= 0.6 is 0 Å². The van der Waals surface area contributed by atoms with Crippen molar-refractivity contribution in [1.82, 2.24) is 9.55 Å². The van der Waals surface area contributed by atoms with Crippen LogP contribution < -0.4 is 10.2 Å². The van der Waals surface area contributed by atoms with Crippen LogP contribution in [0.1, 0.15) is 32.1 Å². The third-order valence-electron chi connectivity index (χ3n) is 4.88. The SMILES string of the molecule is N#Cc1cc(NC(=O)c2cccnc2)c2n1CCN(c1ccc(C(F)(F)F)cc1)C2=O. The van der Waals surface area contributed by atoms with Gasteiger partial charge in [-0.25, -0.2) is 0 Å². The van der Waals surface area contributed by atoms with Crippen LogP contribution in [0, 0.1) is 11.3 Å². The summed E-state index contributed by atoms with van der Waals surface area (Å²) in [4.78, 5) is 30.9. The first-order valence-corrected chi connectivity index (χ1v) is 9.13. The Morgan fingerprint density at radius 3 is 2.52 bits per heavy atom. The van der Waals surface area contributed by atoms with E-state index in [-0.39, 0.29) is 41.4 Å². The van der Waals surface area contributed by atoms with Crippen LogP contribution in [0.15, 0.2) is 54.9 Å². The molecule has 10 heteroatoms. The molecule has 0 radical (unpaired) electrons. The summed E-state index contributed by atoms with van der Waals surface area (Å²) >= 11 is 0. The molecule has 1 N–H and O–H groups in total. The summed E-state index contributed by atoms with van der Waals surface area (Å²) in [7, 11) is 0. The summed E-state index contributed by atoms with van der Waals surface area (Å²) in [5.74, 6) is -1.04. The topological polar surface area (TPSA) is 91.0 Å². The molecule has 2 aromatic heterocycles. The first-order chi connectivity index (χ1) is 14.8. The molecule has 4 rings (SSSR count). The quantitative estimate of drug-likeness (QED) is 0.693. The Morgan fingerprint density at radius 1 is 1.16 bits per heavy atom. The summed E-state index contributed by atoms with van der Waals surface area (Å²) < 4.78 is 40.0. The van der Waals surface area contributed by atoms with Crippen molar-refractivity contribution in [1.29, 1.82) is 5.26 Å². The first-order valence-electron chi connectivity index (χ1n) is 9.13. The summed E-state index contributed by atoms with van der Waals surface area (Å²) in [6.45, 7) is 0.407. The Morgan fingerprint density at radius 2 is 1.90 bits per heavy atom. The number of alkyl halides is 3. The number of pyridine rings is 1. The fraction of sp³-hybridized carbons (Fsp3) is 0.143. The van der Waals surface area contributed by atoms with E-state index in [0.717, 1.165) is 12.1 Å². The lowest BCUT2D eigenvalue weighted by atomic mass is 10.1. The van der Waals surface area contributed by atoms with Gasteiger partial charge in [-0.1, -0.05) is 0 Å². The van der Waals surface area contributed by atoms with Crippen LogP contribution in [0.2, 0.25) is 0 Å². The minimum atomic E-state index is -4.48. The summed E-state index contributed by atoms with van der Waals surface area (Å²) in [6, 6.07) is 10.8. The van der Waals surface area contributed by atoms with Gasteiger partial charge in [0.05, 0.1) is 16.8 Å². The molecule has 3 heterocycles. The minimum Gasteiger partial charge on any atom is -0.325 e. The molecule has 0 unspecified atom stereocenters. The highest BCUT2D eigenvalue weighted by molar-refractivity contribution is 6.13. The van der Waals surface area contributed by atoms with Gasteiger partial charge < -0.3 is 14.8 Å². The fourth-order valence-corrected chi connectivity index (χ4v) is 3.40. The van der Waals surface area contributed by atoms with Gasteiger partial charge in [-0.3, -0.25) is 14.6 Å². The molecule has 0 fully saturated rings. The van der Waals surface area contributed by atoms with Gasteiger partial charge in [0.15, 0.2) is 0 Å². The Balaban J connectivity index is 1.67. The Kier molecular flexibility index (Phi) is 4.94. The number of nitriles is 1. The van der Waals surface area contributed by atoms with Crippen LogP contribution in [-0.4, -0.2) is 27.9 Å². The van der Waals surface area contributed by atoms with Gasteiger partial charge in [-0.2, -0.15) is 18.4 Å². The van der Waals surface area contributed by atoms with Gasteiger partial charge in [0, 0.05) is 31.2 Å². The molecule has 7 nitrogen and oxygen atoms in total. The average Bonchev–Trinajstić information content (AvgIpc) is 3.12. The Bertz CT molecular complexity index is 1190. The van der Waals surface area contributed by atoms with E-state index in [1.807, 2.05) is 6.07 Å². The van der Waals surface area contributed by atoms with Crippen molar-refractivity contribution in [3.05, 3.63) is 77.4 Å². The number of aromatic nitrogens is 2. The number of hydrogen-bond acceptors (Lipinski definition) is 4. The highest BCUT2D eigenvalue weighted by Crippen LogP contribution is 2.33. The van der Waals surface area contributed by atoms with Gasteiger partial charge >= 0.3 is 6.18 Å². The van der Waals surface area contributed by atoms with Gasteiger partial charge in [0.2, 0.25) is 0 Å². The van der Waals surface area contributed by atoms with Crippen LogP contribution in [0.25, 0.3) is 0 Å². The van der Waals surface area contributed by atoms with Crippen LogP contribution in [-0.2, 0) is 12.7 Å². The summed E-state index contributed by atoms with van der Waals surface area (Å²) in [5, 5.41) is 12.0. The van der Waals surface area contributed by atoms with Crippen molar-refractivity contribution < 1.29 is 22.8 Å². The number of nitrogens with one attached hydrogen (secondary N) is 1. The van der Waals surface area contributed by atoms with Crippen molar-refractivity contribution in [3.63, 3.8) is 0 Å². The molecule has 2 amide bonds. The highest BCUT2D eigenvalue weighted by Gasteiger charge is 2.33. The van der Waals surface area contributed by atoms with Crippen LogP contribution in [0.4, 0.5) is 24.5 Å². The predicted octanol–water partition coefficient (Wildman–Crippen LogP) is 3.69. The molecular weight excluding hydrogens is 411 g/mol. The fourth-order valence-electron chi connectivity index (χ4n) is 3.40. The Labute approximate surface area is 174 Å². The maximum absolute atomic E-state index is 13.2. The van der Waals surface area contributed by atoms with Crippen molar-refractivity contribution in [2.45, 2.75) is 12.7 Å². The van der Waals surface area contributed by atoms with E-state index in [4.69, 9.17) is 0 Å². The van der Waals surface area contributed by atoms with Crippen molar-refractivity contribution in [2.24, 2.45) is 0 Å². The highest BCUT2D eigenvalue weighted by atomic mass is 19.4. The average molecular weight is 425 g/mol. The Hall–Kier alpha value is -4.13.